The van der Waals surface area contributed by atoms with Crippen molar-refractivity contribution in [3.8, 4) is 0 Å². The third kappa shape index (κ3) is 1.44. The predicted molar refractivity (Wildman–Crippen MR) is 38.3 cm³/mol. The summed E-state index contributed by atoms with van der Waals surface area (Å²) in [6.45, 7) is 1.96. The fourth-order valence-corrected chi connectivity index (χ4v) is 1.50. The van der Waals surface area contributed by atoms with E-state index in [9.17, 15) is 4.79 Å². The molecule has 0 radical (unpaired) electrons. The van der Waals surface area contributed by atoms with Crippen LogP contribution in [-0.2, 0) is 14.3 Å². The first-order chi connectivity index (χ1) is 5.36. The van der Waals surface area contributed by atoms with Crippen molar-refractivity contribution in [1.82, 2.24) is 0 Å². The molecule has 2 aliphatic rings. The van der Waals surface area contributed by atoms with E-state index in [-0.39, 0.29) is 5.78 Å². The Hall–Kier alpha value is -0.410. The highest BCUT2D eigenvalue weighted by atomic mass is 16.5. The van der Waals surface area contributed by atoms with Crippen molar-refractivity contribution < 1.29 is 14.3 Å². The second-order valence-corrected chi connectivity index (χ2v) is 3.22. The van der Waals surface area contributed by atoms with Gasteiger partial charge >= 0.3 is 0 Å². The molecule has 62 valence electrons. The summed E-state index contributed by atoms with van der Waals surface area (Å²) < 4.78 is 10.4. The molecule has 0 amide bonds. The van der Waals surface area contributed by atoms with Crippen LogP contribution >= 0.6 is 0 Å². The Morgan fingerprint density at radius 1 is 1.36 bits per heavy atom. The lowest BCUT2D eigenvalue weighted by atomic mass is 9.94. The van der Waals surface area contributed by atoms with E-state index in [2.05, 4.69) is 0 Å². The number of hydrogen-bond donors (Lipinski definition) is 0. The molecule has 1 atom stereocenters. The number of ketones is 1. The van der Waals surface area contributed by atoms with Crippen molar-refractivity contribution in [2.24, 2.45) is 5.92 Å². The van der Waals surface area contributed by atoms with Crippen LogP contribution in [0.2, 0.25) is 0 Å². The summed E-state index contributed by atoms with van der Waals surface area (Å²) >= 11 is 0. The van der Waals surface area contributed by atoms with Crippen molar-refractivity contribution in [3.63, 3.8) is 0 Å². The number of ether oxygens (including phenoxy) is 2. The largest absolute Gasteiger partial charge is 0.380 e. The highest BCUT2D eigenvalue weighted by Crippen LogP contribution is 2.24. The summed E-state index contributed by atoms with van der Waals surface area (Å²) in [6.07, 6.45) is 1.88. The van der Waals surface area contributed by atoms with Crippen LogP contribution in [0.3, 0.4) is 0 Å². The van der Waals surface area contributed by atoms with Crippen LogP contribution in [-0.4, -0.2) is 31.7 Å². The molecule has 0 aromatic heterocycles. The lowest BCUT2D eigenvalue weighted by molar-refractivity contribution is -0.149. The average molecular weight is 156 g/mol. The Balaban J connectivity index is 1.82. The maximum absolute atomic E-state index is 10.8. The van der Waals surface area contributed by atoms with E-state index in [1.807, 2.05) is 0 Å². The monoisotopic (exact) mass is 156 g/mol. The van der Waals surface area contributed by atoms with Crippen molar-refractivity contribution in [2.45, 2.75) is 18.9 Å². The first-order valence-corrected chi connectivity index (χ1v) is 4.07. The summed E-state index contributed by atoms with van der Waals surface area (Å²) in [7, 11) is 0. The van der Waals surface area contributed by atoms with Gasteiger partial charge in [0.2, 0.25) is 0 Å². The van der Waals surface area contributed by atoms with Gasteiger partial charge in [-0.15, -0.1) is 0 Å². The van der Waals surface area contributed by atoms with Gasteiger partial charge < -0.3 is 9.47 Å². The molecule has 0 spiro atoms. The second-order valence-electron chi connectivity index (χ2n) is 3.22. The third-order valence-corrected chi connectivity index (χ3v) is 2.36. The number of hydrogen-bond acceptors (Lipinski definition) is 3. The van der Waals surface area contributed by atoms with Crippen LogP contribution in [0.15, 0.2) is 0 Å². The summed E-state index contributed by atoms with van der Waals surface area (Å²) in [5.41, 5.74) is 0. The minimum Gasteiger partial charge on any atom is -0.380 e. The van der Waals surface area contributed by atoms with Gasteiger partial charge in [0.05, 0.1) is 19.3 Å². The summed E-state index contributed by atoms with van der Waals surface area (Å²) in [6, 6.07) is 0. The van der Waals surface area contributed by atoms with E-state index >= 15 is 0 Å². The zero-order valence-corrected chi connectivity index (χ0v) is 6.41. The van der Waals surface area contributed by atoms with Gasteiger partial charge in [-0.3, -0.25) is 4.79 Å². The van der Waals surface area contributed by atoms with Crippen LogP contribution in [0.1, 0.15) is 12.8 Å². The summed E-state index contributed by atoms with van der Waals surface area (Å²) in [4.78, 5) is 10.8. The van der Waals surface area contributed by atoms with Crippen LogP contribution < -0.4 is 0 Å². The molecule has 3 nitrogen and oxygen atoms in total. The first-order valence-electron chi connectivity index (χ1n) is 4.07. The Kier molecular flexibility index (Phi) is 1.92. The SMILES string of the molecule is O=C1CCC(C2COC2)OC1. The number of rotatable bonds is 1. The van der Waals surface area contributed by atoms with Crippen LogP contribution in [0, 0.1) is 5.92 Å². The van der Waals surface area contributed by atoms with Crippen molar-refractivity contribution in [2.75, 3.05) is 19.8 Å². The number of carbonyl (C=O) groups is 1. The Bertz CT molecular complexity index is 153. The highest BCUT2D eigenvalue weighted by molar-refractivity contribution is 5.80. The molecule has 0 aliphatic carbocycles. The van der Waals surface area contributed by atoms with E-state index in [0.29, 0.717) is 25.0 Å². The van der Waals surface area contributed by atoms with Gasteiger partial charge in [-0.1, -0.05) is 0 Å². The average Bonchev–Trinajstić information content (AvgIpc) is 1.90. The quantitative estimate of drug-likeness (QED) is 0.550. The number of carbonyl (C=O) groups excluding carboxylic acids is 1. The third-order valence-electron chi connectivity index (χ3n) is 2.36. The molecule has 0 aromatic rings. The highest BCUT2D eigenvalue weighted by Gasteiger charge is 2.31. The molecule has 1 unspecified atom stereocenters. The molecular weight excluding hydrogens is 144 g/mol. The first kappa shape index (κ1) is 7.25. The molecular formula is C8H12O3. The van der Waals surface area contributed by atoms with Gasteiger partial charge in [0, 0.05) is 12.3 Å². The van der Waals surface area contributed by atoms with E-state index in [0.717, 1.165) is 19.6 Å². The molecule has 3 heteroatoms. The van der Waals surface area contributed by atoms with Crippen LogP contribution in [0.5, 0.6) is 0 Å². The maximum atomic E-state index is 10.8. The van der Waals surface area contributed by atoms with E-state index in [1.165, 1.54) is 0 Å². The topological polar surface area (TPSA) is 35.5 Å². The standard InChI is InChI=1S/C8H12O3/c9-7-1-2-8(11-5-7)6-3-10-4-6/h6,8H,1-5H2. The smallest absolute Gasteiger partial charge is 0.158 e. The normalized spacial score (nSPS) is 33.5. The zero-order chi connectivity index (χ0) is 7.68. The molecule has 0 N–H and O–H groups in total. The maximum Gasteiger partial charge on any atom is 0.158 e. The molecule has 0 bridgehead atoms. The van der Waals surface area contributed by atoms with Gasteiger partial charge in [0.15, 0.2) is 5.78 Å². The van der Waals surface area contributed by atoms with E-state index < -0.39 is 0 Å². The Labute approximate surface area is 65.7 Å². The molecule has 2 aliphatic heterocycles. The lowest BCUT2D eigenvalue weighted by Gasteiger charge is -2.35. The van der Waals surface area contributed by atoms with Crippen LogP contribution in [0.25, 0.3) is 0 Å². The molecule has 2 fully saturated rings. The predicted octanol–water partition coefficient (Wildman–Crippen LogP) is 0.381. The summed E-state index contributed by atoms with van der Waals surface area (Å²) in [5.74, 6) is 0.796. The van der Waals surface area contributed by atoms with Crippen LogP contribution in [0.4, 0.5) is 0 Å². The Morgan fingerprint density at radius 2 is 2.18 bits per heavy atom. The van der Waals surface area contributed by atoms with Crippen molar-refractivity contribution in [3.05, 3.63) is 0 Å². The van der Waals surface area contributed by atoms with Gasteiger partial charge in [-0.25, -0.2) is 0 Å². The van der Waals surface area contributed by atoms with Gasteiger partial charge in [-0.2, -0.15) is 0 Å². The second kappa shape index (κ2) is 2.91. The molecule has 0 aromatic carbocycles. The molecule has 11 heavy (non-hydrogen) atoms. The minimum atomic E-state index is 0.237. The Morgan fingerprint density at radius 3 is 2.64 bits per heavy atom. The van der Waals surface area contributed by atoms with Crippen molar-refractivity contribution in [1.29, 1.82) is 0 Å². The van der Waals surface area contributed by atoms with Crippen molar-refractivity contribution >= 4 is 5.78 Å². The molecule has 0 saturated carbocycles. The van der Waals surface area contributed by atoms with E-state index in [4.69, 9.17) is 9.47 Å². The lowest BCUT2D eigenvalue weighted by Crippen LogP contribution is -2.42. The molecule has 2 rings (SSSR count). The fourth-order valence-electron chi connectivity index (χ4n) is 1.50. The minimum absolute atomic E-state index is 0.237. The number of Topliss-reactive ketones (excluding diaryl/α,β-unsaturated/α-hetero) is 1. The van der Waals surface area contributed by atoms with Gasteiger partial charge in [-0.05, 0) is 6.42 Å². The van der Waals surface area contributed by atoms with Gasteiger partial charge in [0.1, 0.15) is 6.61 Å². The molecule has 2 heterocycles. The zero-order valence-electron chi connectivity index (χ0n) is 6.41. The van der Waals surface area contributed by atoms with Gasteiger partial charge in [0.25, 0.3) is 0 Å². The molecule has 2 saturated heterocycles. The van der Waals surface area contributed by atoms with E-state index in [1.54, 1.807) is 0 Å². The summed E-state index contributed by atoms with van der Waals surface area (Å²) in [5, 5.41) is 0. The fraction of sp³-hybridized carbons (Fsp3) is 0.875.